The van der Waals surface area contributed by atoms with E-state index in [1.165, 1.54) is 15.9 Å². The van der Waals surface area contributed by atoms with E-state index >= 15 is 0 Å². The Kier molecular flexibility index (Phi) is 11.3. The van der Waals surface area contributed by atoms with Crippen LogP contribution in [0.15, 0.2) is 84.9 Å². The van der Waals surface area contributed by atoms with Crippen LogP contribution in [0.1, 0.15) is 44.2 Å². The van der Waals surface area contributed by atoms with Crippen molar-refractivity contribution in [2.45, 2.75) is 69.7 Å². The van der Waals surface area contributed by atoms with Gasteiger partial charge < -0.3 is 25.6 Å². The number of hydrogen-bond acceptors (Lipinski definition) is 5. The van der Waals surface area contributed by atoms with Crippen LogP contribution in [-0.4, -0.2) is 78.5 Å². The minimum atomic E-state index is -0.849. The summed E-state index contributed by atoms with van der Waals surface area (Å²) in [5, 5.41) is 5.10. The second-order valence-electron chi connectivity index (χ2n) is 12.4. The van der Waals surface area contributed by atoms with Gasteiger partial charge in [-0.15, -0.1) is 0 Å². The molecule has 3 atom stereocenters. The van der Waals surface area contributed by atoms with Crippen molar-refractivity contribution in [2.24, 2.45) is 5.73 Å². The van der Waals surface area contributed by atoms with Crippen molar-refractivity contribution < 1.29 is 19.1 Å². The second kappa shape index (κ2) is 15.1. The summed E-state index contributed by atoms with van der Waals surface area (Å²) < 4.78 is 5.71. The van der Waals surface area contributed by atoms with Crippen LogP contribution in [0.4, 0.5) is 0 Å². The summed E-state index contributed by atoms with van der Waals surface area (Å²) in [6.07, 6.45) is 6.21. The number of nitrogens with zero attached hydrogens (tertiary/aromatic N) is 2. The average Bonchev–Trinajstić information content (AvgIpc) is 3.54. The first-order valence-electron chi connectivity index (χ1n) is 15.4. The lowest BCUT2D eigenvalue weighted by molar-refractivity contribution is -0.146. The first-order chi connectivity index (χ1) is 21.0. The molecule has 0 aliphatic carbocycles. The van der Waals surface area contributed by atoms with E-state index in [9.17, 15) is 14.4 Å². The SMILES string of the molecule is CN(C(=O)[C@@H](Cc1cccc2ccccc12)N(C)C(=O)C=CCC(C)(C)N)C(Cc1ccccc1)C(=O)NCC1CCCO1. The van der Waals surface area contributed by atoms with E-state index in [0.29, 0.717) is 32.4 Å². The molecule has 0 saturated carbocycles. The Bertz CT molecular complexity index is 1440. The number of fused-ring (bicyclic) bond motifs is 1. The molecule has 3 aromatic rings. The molecule has 0 aromatic heterocycles. The molecule has 8 heteroatoms. The zero-order valence-electron chi connectivity index (χ0n) is 26.4. The van der Waals surface area contributed by atoms with Crippen LogP contribution in [-0.2, 0) is 32.0 Å². The predicted octanol–water partition coefficient (Wildman–Crippen LogP) is 4.26. The Hall–Kier alpha value is -4.01. The highest BCUT2D eigenvalue weighted by atomic mass is 16.5. The van der Waals surface area contributed by atoms with E-state index in [2.05, 4.69) is 5.32 Å². The van der Waals surface area contributed by atoms with Crippen LogP contribution in [0.3, 0.4) is 0 Å². The number of likely N-dealkylation sites (N-methyl/N-ethyl adjacent to an activating group) is 2. The van der Waals surface area contributed by atoms with Crippen LogP contribution in [0, 0.1) is 0 Å². The third-order valence-corrected chi connectivity index (χ3v) is 8.22. The fourth-order valence-electron chi connectivity index (χ4n) is 5.57. The number of benzene rings is 3. The van der Waals surface area contributed by atoms with Crippen LogP contribution in [0.5, 0.6) is 0 Å². The molecule has 1 heterocycles. The summed E-state index contributed by atoms with van der Waals surface area (Å²) in [7, 11) is 3.30. The average molecular weight is 599 g/mol. The van der Waals surface area contributed by atoms with Gasteiger partial charge in [-0.2, -0.15) is 0 Å². The topological polar surface area (TPSA) is 105 Å². The molecule has 8 nitrogen and oxygen atoms in total. The summed E-state index contributed by atoms with van der Waals surface area (Å²) in [4.78, 5) is 44.5. The van der Waals surface area contributed by atoms with Gasteiger partial charge in [0.05, 0.1) is 6.10 Å². The third-order valence-electron chi connectivity index (χ3n) is 8.22. The van der Waals surface area contributed by atoms with Gasteiger partial charge >= 0.3 is 0 Å². The van der Waals surface area contributed by atoms with Crippen LogP contribution < -0.4 is 11.1 Å². The lowest BCUT2D eigenvalue weighted by Crippen LogP contribution is -2.56. The van der Waals surface area contributed by atoms with Crippen molar-refractivity contribution in [2.75, 3.05) is 27.2 Å². The summed E-state index contributed by atoms with van der Waals surface area (Å²) in [5.41, 5.74) is 7.53. The Morgan fingerprint density at radius 2 is 1.66 bits per heavy atom. The van der Waals surface area contributed by atoms with E-state index in [1.807, 2.05) is 86.6 Å². The van der Waals surface area contributed by atoms with Crippen molar-refractivity contribution in [3.63, 3.8) is 0 Å². The summed E-state index contributed by atoms with van der Waals surface area (Å²) in [5.74, 6) is -0.860. The van der Waals surface area contributed by atoms with Crippen molar-refractivity contribution in [3.8, 4) is 0 Å². The number of nitrogens with two attached hydrogens (primary N) is 1. The Balaban J connectivity index is 1.64. The van der Waals surface area contributed by atoms with E-state index < -0.39 is 17.6 Å². The van der Waals surface area contributed by atoms with E-state index in [0.717, 1.165) is 34.7 Å². The summed E-state index contributed by atoms with van der Waals surface area (Å²) in [6.45, 7) is 4.88. The number of nitrogens with one attached hydrogen (secondary N) is 1. The molecule has 3 amide bonds. The quantitative estimate of drug-likeness (QED) is 0.286. The van der Waals surface area contributed by atoms with Gasteiger partial charge in [-0.3, -0.25) is 14.4 Å². The lowest BCUT2D eigenvalue weighted by atomic mass is 9.96. The van der Waals surface area contributed by atoms with Crippen LogP contribution >= 0.6 is 0 Å². The molecule has 2 unspecified atom stereocenters. The second-order valence-corrected chi connectivity index (χ2v) is 12.4. The number of ether oxygens (including phenoxy) is 1. The fraction of sp³-hybridized carbons (Fsp3) is 0.417. The highest BCUT2D eigenvalue weighted by Gasteiger charge is 2.35. The van der Waals surface area contributed by atoms with Crippen molar-refractivity contribution in [1.82, 2.24) is 15.1 Å². The van der Waals surface area contributed by atoms with Gasteiger partial charge in [0, 0.05) is 45.6 Å². The zero-order chi connectivity index (χ0) is 31.7. The Labute approximate surface area is 261 Å². The molecule has 0 bridgehead atoms. The number of amides is 3. The molecule has 1 aliphatic rings. The maximum atomic E-state index is 14.4. The van der Waals surface area contributed by atoms with Gasteiger partial charge in [0.2, 0.25) is 17.7 Å². The molecule has 0 spiro atoms. The molecular formula is C36H46N4O4. The highest BCUT2D eigenvalue weighted by molar-refractivity contribution is 5.95. The maximum absolute atomic E-state index is 14.4. The molecule has 3 N–H and O–H groups in total. The molecule has 1 aliphatic heterocycles. The Morgan fingerprint density at radius 3 is 2.36 bits per heavy atom. The Morgan fingerprint density at radius 1 is 0.955 bits per heavy atom. The molecule has 44 heavy (non-hydrogen) atoms. The zero-order valence-corrected chi connectivity index (χ0v) is 26.4. The number of hydrogen-bond donors (Lipinski definition) is 2. The molecule has 3 aromatic carbocycles. The predicted molar refractivity (Wildman–Crippen MR) is 175 cm³/mol. The van der Waals surface area contributed by atoms with E-state index in [1.54, 1.807) is 20.2 Å². The van der Waals surface area contributed by atoms with Crippen LogP contribution in [0.2, 0.25) is 0 Å². The minimum Gasteiger partial charge on any atom is -0.376 e. The molecule has 1 fully saturated rings. The van der Waals surface area contributed by atoms with E-state index in [4.69, 9.17) is 10.5 Å². The summed E-state index contributed by atoms with van der Waals surface area (Å²) >= 11 is 0. The molecule has 234 valence electrons. The van der Waals surface area contributed by atoms with Crippen molar-refractivity contribution >= 4 is 28.5 Å². The third kappa shape index (κ3) is 9.00. The molecular weight excluding hydrogens is 552 g/mol. The first-order valence-corrected chi connectivity index (χ1v) is 15.4. The molecule has 0 radical (unpaired) electrons. The van der Waals surface area contributed by atoms with Gasteiger partial charge in [-0.05, 0) is 61.1 Å². The van der Waals surface area contributed by atoms with Gasteiger partial charge in [0.1, 0.15) is 12.1 Å². The standard InChI is InChI=1S/C36H46N4O4/c1-36(2,37)21-11-20-33(41)39(3)32(24-28-17-10-16-27-15-8-9-19-30(27)28)35(43)40(4)31(23-26-13-6-5-7-14-26)34(42)38-25-29-18-12-22-44-29/h5-11,13-17,19-20,29,31-32H,12,18,21-25,37H2,1-4H3,(H,38,42)/t29?,31?,32-/m1/s1. The highest BCUT2D eigenvalue weighted by Crippen LogP contribution is 2.23. The van der Waals surface area contributed by atoms with Gasteiger partial charge in [0.25, 0.3) is 0 Å². The molecule has 4 rings (SSSR count). The smallest absolute Gasteiger partial charge is 0.246 e. The lowest BCUT2D eigenvalue weighted by Gasteiger charge is -2.34. The van der Waals surface area contributed by atoms with Crippen molar-refractivity contribution in [3.05, 3.63) is 96.1 Å². The monoisotopic (exact) mass is 598 g/mol. The van der Waals surface area contributed by atoms with E-state index in [-0.39, 0.29) is 23.8 Å². The molecule has 1 saturated heterocycles. The largest absolute Gasteiger partial charge is 0.376 e. The first kappa shape index (κ1) is 32.9. The van der Waals surface area contributed by atoms with Gasteiger partial charge in [-0.25, -0.2) is 0 Å². The van der Waals surface area contributed by atoms with Crippen LogP contribution in [0.25, 0.3) is 10.8 Å². The van der Waals surface area contributed by atoms with Crippen molar-refractivity contribution in [1.29, 1.82) is 0 Å². The minimum absolute atomic E-state index is 0.0227. The number of rotatable bonds is 13. The number of carbonyl (C=O) groups is 3. The maximum Gasteiger partial charge on any atom is 0.246 e. The summed E-state index contributed by atoms with van der Waals surface area (Å²) in [6, 6.07) is 22.0. The fourth-order valence-corrected chi connectivity index (χ4v) is 5.57. The number of carbonyl (C=O) groups excluding carboxylic acids is 3. The normalized spacial score (nSPS) is 16.5. The van der Waals surface area contributed by atoms with Gasteiger partial charge in [-0.1, -0.05) is 78.9 Å². The van der Waals surface area contributed by atoms with Gasteiger partial charge in [0.15, 0.2) is 0 Å².